The molecule has 0 spiro atoms. The summed E-state index contributed by atoms with van der Waals surface area (Å²) in [5.74, 6) is 0.506. The Morgan fingerprint density at radius 1 is 1.44 bits per heavy atom. The second-order valence-electron chi connectivity index (χ2n) is 5.90. The second-order valence-corrected chi connectivity index (χ2v) is 5.90. The van der Waals surface area contributed by atoms with E-state index in [0.29, 0.717) is 5.92 Å². The van der Waals surface area contributed by atoms with Crippen LogP contribution < -0.4 is 5.73 Å². The summed E-state index contributed by atoms with van der Waals surface area (Å²) in [7, 11) is 0. The molecule has 0 aromatic rings. The van der Waals surface area contributed by atoms with Gasteiger partial charge in [0.1, 0.15) is 0 Å². The number of fused-ring (bicyclic) bond motifs is 3. The van der Waals surface area contributed by atoms with Crippen LogP contribution in [0.15, 0.2) is 58.7 Å². The Morgan fingerprint density at radius 2 is 2.22 bits per heavy atom. The predicted molar refractivity (Wildman–Crippen MR) is 77.1 cm³/mol. The van der Waals surface area contributed by atoms with Gasteiger partial charge in [-0.15, -0.1) is 0 Å². The zero-order valence-corrected chi connectivity index (χ0v) is 11.3. The van der Waals surface area contributed by atoms with E-state index in [-0.39, 0.29) is 5.54 Å². The van der Waals surface area contributed by atoms with Crippen LogP contribution in [0, 0.1) is 5.92 Å². The van der Waals surface area contributed by atoms with Crippen molar-refractivity contribution in [1.82, 2.24) is 0 Å². The highest BCUT2D eigenvalue weighted by molar-refractivity contribution is 5.57. The molecular formula is C17H21N. The highest BCUT2D eigenvalue weighted by atomic mass is 14.8. The average molecular weight is 239 g/mol. The molecule has 2 atom stereocenters. The zero-order valence-electron chi connectivity index (χ0n) is 11.3. The van der Waals surface area contributed by atoms with Crippen molar-refractivity contribution >= 4 is 0 Å². The maximum atomic E-state index is 6.80. The lowest BCUT2D eigenvalue weighted by Gasteiger charge is -2.47. The summed E-state index contributed by atoms with van der Waals surface area (Å²) < 4.78 is 0. The fourth-order valence-corrected chi connectivity index (χ4v) is 3.92. The molecule has 2 N–H and O–H groups in total. The maximum Gasteiger partial charge on any atom is 0.0668 e. The molecule has 0 amide bonds. The normalized spacial score (nSPS) is 36.8. The third-order valence-corrected chi connectivity index (χ3v) is 4.52. The van der Waals surface area contributed by atoms with Gasteiger partial charge in [0.2, 0.25) is 0 Å². The van der Waals surface area contributed by atoms with E-state index in [1.807, 2.05) is 0 Å². The summed E-state index contributed by atoms with van der Waals surface area (Å²) >= 11 is 0. The van der Waals surface area contributed by atoms with Gasteiger partial charge in [0, 0.05) is 5.92 Å². The SMILES string of the molecule is C=C1C=CC2=C(C1)C[C@@H]1C=C(C)C[C@@]2(N)/C1=C/C. The van der Waals surface area contributed by atoms with Gasteiger partial charge < -0.3 is 5.73 Å². The number of allylic oxidation sites excluding steroid dienone is 5. The molecule has 3 rings (SSSR count). The first-order chi connectivity index (χ1) is 8.54. The fourth-order valence-electron chi connectivity index (χ4n) is 3.92. The molecule has 0 aromatic carbocycles. The van der Waals surface area contributed by atoms with Crippen molar-refractivity contribution in [2.24, 2.45) is 11.7 Å². The Morgan fingerprint density at radius 3 is 2.94 bits per heavy atom. The van der Waals surface area contributed by atoms with Crippen LogP contribution in [0.4, 0.5) is 0 Å². The summed E-state index contributed by atoms with van der Waals surface area (Å²) in [6.07, 6.45) is 12.1. The van der Waals surface area contributed by atoms with Crippen LogP contribution in [0.3, 0.4) is 0 Å². The van der Waals surface area contributed by atoms with Crippen molar-refractivity contribution in [3.63, 3.8) is 0 Å². The largest absolute Gasteiger partial charge is 0.318 e. The molecule has 2 bridgehead atoms. The van der Waals surface area contributed by atoms with Crippen molar-refractivity contribution in [2.45, 2.75) is 38.6 Å². The lowest BCUT2D eigenvalue weighted by Crippen LogP contribution is -2.50. The number of hydrogen-bond donors (Lipinski definition) is 1. The van der Waals surface area contributed by atoms with Gasteiger partial charge in [0.25, 0.3) is 0 Å². The van der Waals surface area contributed by atoms with Gasteiger partial charge in [0.05, 0.1) is 5.54 Å². The highest BCUT2D eigenvalue weighted by Crippen LogP contribution is 2.50. The molecule has 0 aromatic heterocycles. The van der Waals surface area contributed by atoms with Gasteiger partial charge in [-0.2, -0.15) is 0 Å². The van der Waals surface area contributed by atoms with Gasteiger partial charge in [-0.3, -0.25) is 0 Å². The smallest absolute Gasteiger partial charge is 0.0668 e. The van der Waals surface area contributed by atoms with Crippen LogP contribution in [0.2, 0.25) is 0 Å². The molecule has 0 radical (unpaired) electrons. The molecule has 3 aliphatic rings. The molecule has 0 aliphatic heterocycles. The van der Waals surface area contributed by atoms with Crippen LogP contribution in [-0.4, -0.2) is 5.54 Å². The summed E-state index contributed by atoms with van der Waals surface area (Å²) in [6, 6.07) is 0. The Bertz CT molecular complexity index is 542. The summed E-state index contributed by atoms with van der Waals surface area (Å²) in [4.78, 5) is 0. The van der Waals surface area contributed by atoms with E-state index in [1.54, 1.807) is 0 Å². The summed E-state index contributed by atoms with van der Waals surface area (Å²) in [5, 5.41) is 0. The van der Waals surface area contributed by atoms with E-state index >= 15 is 0 Å². The Labute approximate surface area is 109 Å². The van der Waals surface area contributed by atoms with Gasteiger partial charge in [-0.1, -0.05) is 47.6 Å². The van der Waals surface area contributed by atoms with E-state index < -0.39 is 0 Å². The molecule has 0 saturated carbocycles. The van der Waals surface area contributed by atoms with E-state index in [9.17, 15) is 0 Å². The Balaban J connectivity index is 2.17. The van der Waals surface area contributed by atoms with Gasteiger partial charge in [-0.05, 0) is 44.3 Å². The van der Waals surface area contributed by atoms with E-state index in [0.717, 1.165) is 19.3 Å². The zero-order chi connectivity index (χ0) is 12.9. The monoisotopic (exact) mass is 239 g/mol. The first-order valence-electron chi connectivity index (χ1n) is 6.76. The lowest BCUT2D eigenvalue weighted by atomic mass is 9.61. The van der Waals surface area contributed by atoms with Crippen molar-refractivity contribution < 1.29 is 0 Å². The van der Waals surface area contributed by atoms with E-state index in [4.69, 9.17) is 5.73 Å². The topological polar surface area (TPSA) is 26.0 Å². The third kappa shape index (κ3) is 1.50. The molecule has 1 heteroatoms. The van der Waals surface area contributed by atoms with Crippen molar-refractivity contribution in [3.8, 4) is 0 Å². The van der Waals surface area contributed by atoms with Gasteiger partial charge in [-0.25, -0.2) is 0 Å². The molecule has 94 valence electrons. The molecule has 1 nitrogen and oxygen atoms in total. The van der Waals surface area contributed by atoms with Gasteiger partial charge in [0.15, 0.2) is 0 Å². The first kappa shape index (κ1) is 11.7. The third-order valence-electron chi connectivity index (χ3n) is 4.52. The second kappa shape index (κ2) is 3.83. The molecule has 0 saturated heterocycles. The fraction of sp³-hybridized carbons (Fsp3) is 0.412. The van der Waals surface area contributed by atoms with Crippen molar-refractivity contribution in [2.75, 3.05) is 0 Å². The Hall–Kier alpha value is -1.34. The highest BCUT2D eigenvalue weighted by Gasteiger charge is 2.44. The summed E-state index contributed by atoms with van der Waals surface area (Å²) in [6.45, 7) is 8.41. The first-order valence-corrected chi connectivity index (χ1v) is 6.76. The minimum atomic E-state index is -0.261. The Kier molecular flexibility index (Phi) is 2.49. The van der Waals surface area contributed by atoms with Crippen molar-refractivity contribution in [3.05, 3.63) is 58.7 Å². The average Bonchev–Trinajstić information content (AvgIpc) is 2.26. The maximum absolute atomic E-state index is 6.80. The number of rotatable bonds is 0. The molecular weight excluding hydrogens is 218 g/mol. The number of nitrogens with two attached hydrogens (primary N) is 1. The lowest BCUT2D eigenvalue weighted by molar-refractivity contribution is 0.455. The minimum absolute atomic E-state index is 0.261. The molecule has 0 heterocycles. The van der Waals surface area contributed by atoms with E-state index in [1.165, 1.54) is 27.9 Å². The predicted octanol–water partition coefficient (Wildman–Crippen LogP) is 3.81. The van der Waals surface area contributed by atoms with Crippen LogP contribution in [0.1, 0.15) is 33.1 Å². The van der Waals surface area contributed by atoms with Crippen LogP contribution >= 0.6 is 0 Å². The molecule has 0 unspecified atom stereocenters. The van der Waals surface area contributed by atoms with Crippen molar-refractivity contribution in [1.29, 1.82) is 0 Å². The standard InChI is InChI=1S/C17H21N/c1-4-15-13-8-12(3)10-17(15,18)16-6-5-11(2)7-14(16)9-13/h4-6,8,13H,2,7,9-10,18H2,1,3H3/b15-4+/t13-,17+/m0/s1. The quantitative estimate of drug-likeness (QED) is 0.639. The molecule has 18 heavy (non-hydrogen) atoms. The molecule has 3 aliphatic carbocycles. The molecule has 0 fully saturated rings. The van der Waals surface area contributed by atoms with Crippen LogP contribution in [0.25, 0.3) is 0 Å². The summed E-state index contributed by atoms with van der Waals surface area (Å²) in [5.41, 5.74) is 13.4. The minimum Gasteiger partial charge on any atom is -0.318 e. The van der Waals surface area contributed by atoms with Gasteiger partial charge >= 0.3 is 0 Å². The number of hydrogen-bond acceptors (Lipinski definition) is 1. The van der Waals surface area contributed by atoms with Crippen LogP contribution in [-0.2, 0) is 0 Å². The van der Waals surface area contributed by atoms with Crippen LogP contribution in [0.5, 0.6) is 0 Å². The van der Waals surface area contributed by atoms with E-state index in [2.05, 4.69) is 44.7 Å².